The van der Waals surface area contributed by atoms with Gasteiger partial charge in [0.05, 0.1) is 17.1 Å². The van der Waals surface area contributed by atoms with E-state index in [0.717, 1.165) is 6.26 Å². The van der Waals surface area contributed by atoms with Gasteiger partial charge in [-0.2, -0.15) is 0 Å². The molecule has 0 aliphatic carbocycles. The Morgan fingerprint density at radius 2 is 1.91 bits per heavy atom. The molecule has 0 unspecified atom stereocenters. The first kappa shape index (κ1) is 16.4. The minimum absolute atomic E-state index is 0.118. The molecule has 1 aromatic heterocycles. The van der Waals surface area contributed by atoms with Gasteiger partial charge < -0.3 is 0 Å². The van der Waals surface area contributed by atoms with Gasteiger partial charge in [0.15, 0.2) is 0 Å². The molecule has 0 radical (unpaired) electrons. The highest BCUT2D eigenvalue weighted by atomic mass is 32.2. The Labute approximate surface area is 133 Å². The minimum Gasteiger partial charge on any atom is -0.288 e. The Balaban J connectivity index is 2.25. The first-order valence-electron chi connectivity index (χ1n) is 6.48. The van der Waals surface area contributed by atoms with Crippen molar-refractivity contribution in [3.63, 3.8) is 0 Å². The summed E-state index contributed by atoms with van der Waals surface area (Å²) in [4.78, 5) is 24.8. The maximum absolute atomic E-state index is 12.3. The molecule has 0 saturated heterocycles. The third kappa shape index (κ3) is 4.02. The number of benzene rings is 1. The van der Waals surface area contributed by atoms with Crippen molar-refractivity contribution in [2.75, 3.05) is 6.26 Å². The highest BCUT2D eigenvalue weighted by Gasteiger charge is 2.20. The average molecular weight is 337 g/mol. The third-order valence-corrected chi connectivity index (χ3v) is 4.51. The second-order valence-corrected chi connectivity index (χ2v) is 7.59. The van der Waals surface area contributed by atoms with E-state index in [1.165, 1.54) is 11.3 Å². The van der Waals surface area contributed by atoms with Crippen LogP contribution in [0.1, 0.15) is 33.6 Å². The molecule has 1 heterocycles. The van der Waals surface area contributed by atoms with Crippen molar-refractivity contribution in [3.8, 4) is 0 Å². The van der Waals surface area contributed by atoms with E-state index in [1.807, 2.05) is 10.1 Å². The van der Waals surface area contributed by atoms with Gasteiger partial charge in [-0.3, -0.25) is 14.3 Å². The Bertz CT molecular complexity index is 795. The predicted octanol–water partition coefficient (Wildman–Crippen LogP) is 2.16. The Kier molecular flexibility index (Phi) is 4.77. The van der Waals surface area contributed by atoms with Gasteiger partial charge in [-0.25, -0.2) is 8.42 Å². The minimum atomic E-state index is -3.60. The maximum Gasteiger partial charge on any atom is 0.240 e. The largest absolute Gasteiger partial charge is 0.288 e. The van der Waals surface area contributed by atoms with Gasteiger partial charge in [0, 0.05) is 5.56 Å². The quantitative estimate of drug-likeness (QED) is 0.848. The lowest BCUT2D eigenvalue weighted by molar-refractivity contribution is -0.120. The maximum atomic E-state index is 12.3. The summed E-state index contributed by atoms with van der Waals surface area (Å²) in [6.07, 6.45) is 0.925. The molecule has 116 valence electrons. The summed E-state index contributed by atoms with van der Waals surface area (Å²) in [5, 5.41) is 1.82. The fourth-order valence-electron chi connectivity index (χ4n) is 1.92. The molecular formula is C15H15NO4S2. The van der Waals surface area contributed by atoms with Crippen LogP contribution in [0.4, 0.5) is 0 Å². The van der Waals surface area contributed by atoms with Gasteiger partial charge in [0.2, 0.25) is 21.7 Å². The molecule has 22 heavy (non-hydrogen) atoms. The van der Waals surface area contributed by atoms with Crippen LogP contribution in [0.3, 0.4) is 0 Å². The summed E-state index contributed by atoms with van der Waals surface area (Å²) in [5.41, 5.74) is 1.06. The molecule has 1 aromatic carbocycles. The second-order valence-electron chi connectivity index (χ2n) is 4.89. The van der Waals surface area contributed by atoms with Gasteiger partial charge >= 0.3 is 0 Å². The topological polar surface area (TPSA) is 80.3 Å². The monoisotopic (exact) mass is 337 g/mol. The van der Waals surface area contributed by atoms with Crippen LogP contribution < -0.4 is 4.72 Å². The van der Waals surface area contributed by atoms with E-state index in [-0.39, 0.29) is 5.78 Å². The summed E-state index contributed by atoms with van der Waals surface area (Å²) in [6.45, 7) is 1.59. The number of hydrogen-bond acceptors (Lipinski definition) is 5. The third-order valence-electron chi connectivity index (χ3n) is 3.07. The number of ketones is 1. The molecule has 1 amide bonds. The van der Waals surface area contributed by atoms with Gasteiger partial charge in [0.25, 0.3) is 0 Å². The molecule has 7 heteroatoms. The van der Waals surface area contributed by atoms with E-state index in [4.69, 9.17) is 0 Å². The van der Waals surface area contributed by atoms with Crippen LogP contribution in [-0.4, -0.2) is 26.4 Å². The molecule has 0 aliphatic rings. The van der Waals surface area contributed by atoms with Crippen molar-refractivity contribution < 1.29 is 18.0 Å². The van der Waals surface area contributed by atoms with Crippen LogP contribution >= 0.6 is 11.3 Å². The number of sulfonamides is 1. The number of amides is 1. The van der Waals surface area contributed by atoms with Crippen LogP contribution in [0.25, 0.3) is 0 Å². The van der Waals surface area contributed by atoms with Crippen LogP contribution in [-0.2, 0) is 14.8 Å². The van der Waals surface area contributed by atoms with Crippen LogP contribution in [0.15, 0.2) is 41.8 Å². The zero-order valence-electron chi connectivity index (χ0n) is 12.1. The molecular weight excluding hydrogens is 322 g/mol. The van der Waals surface area contributed by atoms with E-state index in [2.05, 4.69) is 0 Å². The molecule has 5 nitrogen and oxygen atoms in total. The number of carbonyl (C=O) groups excluding carboxylic acids is 2. The van der Waals surface area contributed by atoms with E-state index in [1.54, 1.807) is 43.3 Å². The van der Waals surface area contributed by atoms with Crippen molar-refractivity contribution in [2.24, 2.45) is 0 Å². The molecule has 0 aliphatic heterocycles. The summed E-state index contributed by atoms with van der Waals surface area (Å²) < 4.78 is 24.2. The number of rotatable bonds is 5. The van der Waals surface area contributed by atoms with Gasteiger partial charge in [0.1, 0.15) is 0 Å². The van der Waals surface area contributed by atoms with Crippen LogP contribution in [0.2, 0.25) is 0 Å². The van der Waals surface area contributed by atoms with Crippen molar-refractivity contribution in [1.29, 1.82) is 0 Å². The lowest BCUT2D eigenvalue weighted by Crippen LogP contribution is -2.32. The molecule has 0 spiro atoms. The summed E-state index contributed by atoms with van der Waals surface area (Å²) in [5.74, 6) is -1.42. The highest BCUT2D eigenvalue weighted by molar-refractivity contribution is 7.89. The van der Waals surface area contributed by atoms with E-state index in [9.17, 15) is 18.0 Å². The molecule has 1 N–H and O–H groups in total. The molecule has 0 bridgehead atoms. The first-order chi connectivity index (χ1) is 10.3. The lowest BCUT2D eigenvalue weighted by atomic mass is 9.97. The normalized spacial score (nSPS) is 12.6. The number of hydrogen-bond donors (Lipinski definition) is 1. The zero-order chi connectivity index (χ0) is 16.3. The van der Waals surface area contributed by atoms with Crippen LogP contribution in [0, 0.1) is 0 Å². The fourth-order valence-corrected chi connectivity index (χ4v) is 3.15. The van der Waals surface area contributed by atoms with Crippen molar-refractivity contribution in [3.05, 3.63) is 57.8 Å². The van der Waals surface area contributed by atoms with Crippen LogP contribution in [0.5, 0.6) is 0 Å². The molecule has 2 rings (SSSR count). The lowest BCUT2D eigenvalue weighted by Gasteiger charge is -2.12. The smallest absolute Gasteiger partial charge is 0.240 e. The summed E-state index contributed by atoms with van der Waals surface area (Å²) in [6, 6.07) is 10.2. The molecule has 1 atom stereocenters. The van der Waals surface area contributed by atoms with Crippen molar-refractivity contribution in [2.45, 2.75) is 12.8 Å². The number of nitrogens with one attached hydrogen (secondary N) is 1. The Morgan fingerprint density at radius 1 is 1.18 bits per heavy atom. The van der Waals surface area contributed by atoms with E-state index >= 15 is 0 Å². The SMILES string of the molecule is C[C@@H](C(=O)NS(C)(=O)=O)c1cccc(C(=O)c2cccs2)c1. The summed E-state index contributed by atoms with van der Waals surface area (Å²) >= 11 is 1.35. The first-order valence-corrected chi connectivity index (χ1v) is 9.25. The standard InChI is InChI=1S/C15H15NO4S2/c1-10(15(18)16-22(2,19)20)11-5-3-6-12(9-11)14(17)13-7-4-8-21-13/h3-10H,1-2H3,(H,16,18)/t10-/m1/s1. The van der Waals surface area contributed by atoms with Crippen molar-refractivity contribution >= 4 is 33.1 Å². The molecule has 2 aromatic rings. The zero-order valence-corrected chi connectivity index (χ0v) is 13.7. The predicted molar refractivity (Wildman–Crippen MR) is 85.6 cm³/mol. The number of carbonyl (C=O) groups is 2. The van der Waals surface area contributed by atoms with Gasteiger partial charge in [-0.05, 0) is 30.0 Å². The Morgan fingerprint density at radius 3 is 2.50 bits per heavy atom. The molecule has 0 fully saturated rings. The molecule has 0 saturated carbocycles. The summed E-state index contributed by atoms with van der Waals surface area (Å²) in [7, 11) is -3.60. The van der Waals surface area contributed by atoms with E-state index in [0.29, 0.717) is 16.0 Å². The van der Waals surface area contributed by atoms with Crippen molar-refractivity contribution in [1.82, 2.24) is 4.72 Å². The van der Waals surface area contributed by atoms with Gasteiger partial charge in [-0.15, -0.1) is 11.3 Å². The fraction of sp³-hybridized carbons (Fsp3) is 0.200. The average Bonchev–Trinajstić information content (AvgIpc) is 2.98. The Hall–Kier alpha value is -1.99. The van der Waals surface area contributed by atoms with E-state index < -0.39 is 21.8 Å². The second kappa shape index (κ2) is 6.41. The van der Waals surface area contributed by atoms with Gasteiger partial charge in [-0.1, -0.05) is 24.3 Å². The number of thiophene rings is 1. The highest BCUT2D eigenvalue weighted by Crippen LogP contribution is 2.20.